The molecule has 6 nitrogen and oxygen atoms in total. The average molecular weight is 344 g/mol. The number of carbonyl (C=O) groups excluding carboxylic acids is 1. The Labute approximate surface area is 123 Å². The Morgan fingerprint density at radius 1 is 1.50 bits per heavy atom. The van der Waals surface area contributed by atoms with Crippen LogP contribution in [0.2, 0.25) is 0 Å². The molecule has 1 aromatic heterocycles. The fourth-order valence-corrected chi connectivity index (χ4v) is 3.18. The number of ketones is 1. The Bertz CT molecular complexity index is 640. The lowest BCUT2D eigenvalue weighted by Gasteiger charge is -2.43. The molecule has 20 heavy (non-hydrogen) atoms. The zero-order chi connectivity index (χ0) is 14.5. The van der Waals surface area contributed by atoms with E-state index < -0.39 is 5.41 Å². The number of carbonyl (C=O) groups is 1. The second-order valence-electron chi connectivity index (χ2n) is 5.21. The predicted octanol–water partition coefficient (Wildman–Crippen LogP) is 1.19. The smallest absolute Gasteiger partial charge is 0.238 e. The van der Waals surface area contributed by atoms with E-state index in [4.69, 9.17) is 14.2 Å². The van der Waals surface area contributed by atoms with Crippen molar-refractivity contribution in [3.8, 4) is 5.75 Å². The summed E-state index contributed by atoms with van der Waals surface area (Å²) < 4.78 is 18.1. The summed E-state index contributed by atoms with van der Waals surface area (Å²) in [6, 6.07) is 0. The van der Waals surface area contributed by atoms with E-state index in [2.05, 4.69) is 15.9 Å². The zero-order valence-corrected chi connectivity index (χ0v) is 12.7. The number of hydrogen-bond donors (Lipinski definition) is 0. The van der Waals surface area contributed by atoms with E-state index in [9.17, 15) is 9.59 Å². The molecule has 7 heteroatoms. The van der Waals surface area contributed by atoms with Crippen molar-refractivity contribution >= 4 is 21.7 Å². The quantitative estimate of drug-likeness (QED) is 0.766. The molecule has 1 saturated heterocycles. The summed E-state index contributed by atoms with van der Waals surface area (Å²) in [5.41, 5.74) is -0.827. The molecule has 2 atom stereocenters. The molecule has 0 aliphatic carbocycles. The molecule has 1 fully saturated rings. The minimum atomic E-state index is -0.786. The van der Waals surface area contributed by atoms with Crippen LogP contribution in [0.15, 0.2) is 15.5 Å². The number of fused-ring (bicyclic) bond motifs is 2. The monoisotopic (exact) mass is 343 g/mol. The molecule has 2 aliphatic rings. The number of pyridine rings is 1. The van der Waals surface area contributed by atoms with E-state index in [1.807, 2.05) is 0 Å². The van der Waals surface area contributed by atoms with Crippen LogP contribution in [-0.2, 0) is 16.0 Å². The highest BCUT2D eigenvalue weighted by atomic mass is 79.9. The van der Waals surface area contributed by atoms with E-state index in [1.54, 1.807) is 17.7 Å². The van der Waals surface area contributed by atoms with Crippen LogP contribution in [0.5, 0.6) is 5.75 Å². The van der Waals surface area contributed by atoms with Crippen molar-refractivity contribution in [3.05, 3.63) is 26.6 Å². The van der Waals surface area contributed by atoms with Gasteiger partial charge in [-0.15, -0.1) is 0 Å². The van der Waals surface area contributed by atoms with Crippen LogP contribution in [0, 0.1) is 5.41 Å². The van der Waals surface area contributed by atoms with Gasteiger partial charge in [-0.05, 0) is 22.9 Å². The molecule has 0 bridgehead atoms. The van der Waals surface area contributed by atoms with Crippen LogP contribution in [0.1, 0.15) is 17.4 Å². The lowest BCUT2D eigenvalue weighted by molar-refractivity contribution is -0.195. The van der Waals surface area contributed by atoms with Gasteiger partial charge < -0.3 is 18.8 Å². The van der Waals surface area contributed by atoms with Crippen molar-refractivity contribution in [1.29, 1.82) is 0 Å². The second-order valence-corrected chi connectivity index (χ2v) is 6.06. The van der Waals surface area contributed by atoms with Crippen molar-refractivity contribution in [3.63, 3.8) is 0 Å². The first-order valence-electron chi connectivity index (χ1n) is 6.20. The van der Waals surface area contributed by atoms with Gasteiger partial charge in [0.15, 0.2) is 11.5 Å². The predicted molar refractivity (Wildman–Crippen MR) is 73.1 cm³/mol. The average Bonchev–Trinajstić information content (AvgIpc) is 2.43. The van der Waals surface area contributed by atoms with Crippen LogP contribution in [0.25, 0.3) is 0 Å². The summed E-state index contributed by atoms with van der Waals surface area (Å²) in [5.74, 6) is -0.121. The van der Waals surface area contributed by atoms with Crippen LogP contribution in [-0.4, -0.2) is 37.0 Å². The third-order valence-electron chi connectivity index (χ3n) is 3.96. The van der Waals surface area contributed by atoms with Gasteiger partial charge in [0, 0.05) is 6.20 Å². The van der Waals surface area contributed by atoms with Crippen LogP contribution in [0.3, 0.4) is 0 Å². The van der Waals surface area contributed by atoms with Crippen molar-refractivity contribution in [2.75, 3.05) is 20.5 Å². The lowest BCUT2D eigenvalue weighted by Crippen LogP contribution is -2.55. The van der Waals surface area contributed by atoms with Crippen LogP contribution >= 0.6 is 15.9 Å². The molecule has 0 spiro atoms. The first-order chi connectivity index (χ1) is 9.49. The van der Waals surface area contributed by atoms with Crippen molar-refractivity contribution < 1.29 is 19.0 Å². The third kappa shape index (κ3) is 1.77. The van der Waals surface area contributed by atoms with E-state index in [0.717, 1.165) is 0 Å². The van der Waals surface area contributed by atoms with Crippen LogP contribution < -0.4 is 10.2 Å². The van der Waals surface area contributed by atoms with Crippen molar-refractivity contribution in [1.82, 2.24) is 4.57 Å². The fraction of sp³-hybridized carbons (Fsp3) is 0.538. The second kappa shape index (κ2) is 4.68. The Hall–Kier alpha value is -1.18. The third-order valence-corrected chi connectivity index (χ3v) is 4.53. The van der Waals surface area contributed by atoms with E-state index in [0.29, 0.717) is 11.0 Å². The SMILES string of the molecule is COc1c2n(cc(Br)c1=O)C[C@H]1OCOC[C@@]1(C)C2=O. The molecule has 0 N–H and O–H groups in total. The van der Waals surface area contributed by atoms with Gasteiger partial charge in [0.25, 0.3) is 0 Å². The summed E-state index contributed by atoms with van der Waals surface area (Å²) in [6.45, 7) is 2.75. The molecule has 0 amide bonds. The molecule has 0 aromatic carbocycles. The first-order valence-corrected chi connectivity index (χ1v) is 6.99. The highest BCUT2D eigenvalue weighted by molar-refractivity contribution is 9.10. The largest absolute Gasteiger partial charge is 0.491 e. The summed E-state index contributed by atoms with van der Waals surface area (Å²) in [7, 11) is 1.39. The van der Waals surface area contributed by atoms with Gasteiger partial charge in [-0.25, -0.2) is 0 Å². The number of ether oxygens (including phenoxy) is 3. The van der Waals surface area contributed by atoms with Gasteiger partial charge in [0.2, 0.25) is 5.43 Å². The van der Waals surface area contributed by atoms with Gasteiger partial charge >= 0.3 is 0 Å². The Morgan fingerprint density at radius 3 is 2.95 bits per heavy atom. The number of Topliss-reactive ketones (excluding diaryl/α,β-unsaturated/α-hetero) is 1. The van der Waals surface area contributed by atoms with Crippen LogP contribution in [0.4, 0.5) is 0 Å². The van der Waals surface area contributed by atoms with E-state index in [1.165, 1.54) is 7.11 Å². The van der Waals surface area contributed by atoms with E-state index in [-0.39, 0.29) is 42.2 Å². The summed E-state index contributed by atoms with van der Waals surface area (Å²) in [4.78, 5) is 24.9. The molecule has 2 aliphatic heterocycles. The molecule has 0 radical (unpaired) electrons. The maximum absolute atomic E-state index is 12.8. The standard InChI is InChI=1S/C13H14BrNO5/c1-13-5-19-6-20-8(13)4-15-3-7(14)10(16)11(18-2)9(15)12(13)17/h3,8H,4-6H2,1-2H3/t8-,13-/m1/s1. The number of aromatic nitrogens is 1. The number of halogens is 1. The molecule has 0 unspecified atom stereocenters. The van der Waals surface area contributed by atoms with Crippen molar-refractivity contribution in [2.24, 2.45) is 5.41 Å². The normalized spacial score (nSPS) is 28.8. The molecule has 108 valence electrons. The number of nitrogens with zero attached hydrogens (tertiary/aromatic N) is 1. The minimum absolute atomic E-state index is 0.0645. The summed E-state index contributed by atoms with van der Waals surface area (Å²) in [5, 5.41) is 0. The molecule has 3 rings (SSSR count). The van der Waals surface area contributed by atoms with Gasteiger partial charge in [0.05, 0.1) is 36.3 Å². The number of hydrogen-bond acceptors (Lipinski definition) is 5. The first kappa shape index (κ1) is 13.8. The fourth-order valence-electron chi connectivity index (χ4n) is 2.75. The molecular formula is C13H14BrNO5. The lowest BCUT2D eigenvalue weighted by atomic mass is 9.76. The van der Waals surface area contributed by atoms with Crippen molar-refractivity contribution in [2.45, 2.75) is 19.6 Å². The molecular weight excluding hydrogens is 330 g/mol. The maximum Gasteiger partial charge on any atom is 0.238 e. The minimum Gasteiger partial charge on any atom is -0.491 e. The zero-order valence-electron chi connectivity index (χ0n) is 11.1. The number of methoxy groups -OCH3 is 1. The Morgan fingerprint density at radius 2 is 2.25 bits per heavy atom. The Balaban J connectivity index is 2.23. The molecule has 0 saturated carbocycles. The molecule has 3 heterocycles. The van der Waals surface area contributed by atoms with Gasteiger partial charge in [-0.1, -0.05) is 0 Å². The maximum atomic E-state index is 12.8. The Kier molecular flexibility index (Phi) is 3.23. The van der Waals surface area contributed by atoms with E-state index >= 15 is 0 Å². The summed E-state index contributed by atoms with van der Waals surface area (Å²) >= 11 is 3.20. The molecule has 1 aromatic rings. The highest BCUT2D eigenvalue weighted by Crippen LogP contribution is 2.39. The summed E-state index contributed by atoms with van der Waals surface area (Å²) in [6.07, 6.45) is 1.34. The number of rotatable bonds is 1. The topological polar surface area (TPSA) is 66.8 Å². The highest BCUT2D eigenvalue weighted by Gasteiger charge is 2.50. The van der Waals surface area contributed by atoms with Gasteiger partial charge in [-0.3, -0.25) is 9.59 Å². The van der Waals surface area contributed by atoms with Gasteiger partial charge in [0.1, 0.15) is 12.5 Å². The van der Waals surface area contributed by atoms with Gasteiger partial charge in [-0.2, -0.15) is 0 Å².